The van der Waals surface area contributed by atoms with Gasteiger partial charge in [-0.15, -0.1) is 10.2 Å². The number of halogens is 1. The maximum atomic E-state index is 10.9. The zero-order chi connectivity index (χ0) is 13.1. The van der Waals surface area contributed by atoms with Crippen LogP contribution in [0.15, 0.2) is 30.3 Å². The minimum Gasteiger partial charge on any atom is -0.506 e. The highest BCUT2D eigenvalue weighted by Gasteiger charge is 2.12. The van der Waals surface area contributed by atoms with E-state index in [1.807, 2.05) is 0 Å². The van der Waals surface area contributed by atoms with Crippen molar-refractivity contribution in [2.45, 2.75) is 0 Å². The molecule has 0 atom stereocenters. The molecule has 2 aromatic rings. The first kappa shape index (κ1) is 12.1. The number of aromatic hydroxyl groups is 1. The van der Waals surface area contributed by atoms with Gasteiger partial charge in [-0.1, -0.05) is 23.7 Å². The van der Waals surface area contributed by atoms with Crippen LogP contribution in [0.4, 0.5) is 11.5 Å². The number of para-hydroxylation sites is 2. The number of carboxylic acids is 1. The lowest BCUT2D eigenvalue weighted by Gasteiger charge is -2.07. The van der Waals surface area contributed by atoms with E-state index in [1.54, 1.807) is 18.2 Å². The highest BCUT2D eigenvalue weighted by atomic mass is 35.5. The molecule has 0 fully saturated rings. The number of anilines is 2. The molecule has 0 aliphatic heterocycles. The van der Waals surface area contributed by atoms with Gasteiger partial charge in [0, 0.05) is 6.07 Å². The Labute approximate surface area is 107 Å². The summed E-state index contributed by atoms with van der Waals surface area (Å²) in [6, 6.07) is 7.72. The standard InChI is InChI=1S/C11H8ClN3O3/c12-10-6(11(17)18)5-9(14-15-10)13-7-3-1-2-4-8(7)16/h1-5,16H,(H,13,14)(H,17,18). The lowest BCUT2D eigenvalue weighted by molar-refractivity contribution is 0.0696. The van der Waals surface area contributed by atoms with E-state index in [2.05, 4.69) is 15.5 Å². The lowest BCUT2D eigenvalue weighted by atomic mass is 10.2. The molecule has 0 aliphatic carbocycles. The van der Waals surface area contributed by atoms with Crippen LogP contribution in [0.25, 0.3) is 0 Å². The van der Waals surface area contributed by atoms with Crippen LogP contribution in [-0.2, 0) is 0 Å². The van der Waals surface area contributed by atoms with Crippen LogP contribution >= 0.6 is 11.6 Å². The predicted octanol–water partition coefficient (Wildman–Crippen LogP) is 2.28. The van der Waals surface area contributed by atoms with Crippen molar-refractivity contribution in [2.75, 3.05) is 5.32 Å². The van der Waals surface area contributed by atoms with Gasteiger partial charge in [0.15, 0.2) is 11.0 Å². The monoisotopic (exact) mass is 265 g/mol. The molecule has 1 aromatic carbocycles. The number of phenols is 1. The van der Waals surface area contributed by atoms with Crippen molar-refractivity contribution in [3.8, 4) is 5.75 Å². The van der Waals surface area contributed by atoms with Gasteiger partial charge < -0.3 is 15.5 Å². The second-order valence-corrected chi connectivity index (χ2v) is 3.74. The third-order valence-corrected chi connectivity index (χ3v) is 2.43. The van der Waals surface area contributed by atoms with Crippen LogP contribution in [-0.4, -0.2) is 26.4 Å². The Balaban J connectivity index is 2.33. The fourth-order valence-corrected chi connectivity index (χ4v) is 1.48. The molecule has 7 heteroatoms. The molecule has 1 heterocycles. The summed E-state index contributed by atoms with van der Waals surface area (Å²) in [5.74, 6) is -1.00. The summed E-state index contributed by atoms with van der Waals surface area (Å²) in [4.78, 5) is 10.9. The maximum absolute atomic E-state index is 10.9. The van der Waals surface area contributed by atoms with Gasteiger partial charge in [0.1, 0.15) is 11.3 Å². The third kappa shape index (κ3) is 2.49. The van der Waals surface area contributed by atoms with Crippen LogP contribution in [0.3, 0.4) is 0 Å². The van der Waals surface area contributed by atoms with E-state index in [0.29, 0.717) is 5.69 Å². The van der Waals surface area contributed by atoms with E-state index < -0.39 is 5.97 Å². The predicted molar refractivity (Wildman–Crippen MR) is 65.4 cm³/mol. The SMILES string of the molecule is O=C(O)c1cc(Nc2ccccc2O)nnc1Cl. The highest BCUT2D eigenvalue weighted by molar-refractivity contribution is 6.32. The molecule has 0 radical (unpaired) electrons. The van der Waals surface area contributed by atoms with Crippen LogP contribution in [0.2, 0.25) is 5.15 Å². The molecule has 92 valence electrons. The fraction of sp³-hybridized carbons (Fsp3) is 0. The Hall–Kier alpha value is -2.34. The molecule has 0 aliphatic rings. The number of aromatic carboxylic acids is 1. The zero-order valence-corrected chi connectivity index (χ0v) is 9.72. The second kappa shape index (κ2) is 4.89. The maximum Gasteiger partial charge on any atom is 0.339 e. The minimum atomic E-state index is -1.20. The normalized spacial score (nSPS) is 10.1. The summed E-state index contributed by atoms with van der Waals surface area (Å²) in [6.45, 7) is 0. The van der Waals surface area contributed by atoms with Gasteiger partial charge >= 0.3 is 5.97 Å². The number of phenolic OH excluding ortho intramolecular Hbond substituents is 1. The first-order chi connectivity index (χ1) is 8.58. The van der Waals surface area contributed by atoms with E-state index in [-0.39, 0.29) is 22.3 Å². The molecule has 0 saturated carbocycles. The van der Waals surface area contributed by atoms with Gasteiger partial charge in [-0.25, -0.2) is 4.79 Å². The van der Waals surface area contributed by atoms with E-state index in [1.165, 1.54) is 12.1 Å². The first-order valence-electron chi connectivity index (χ1n) is 4.89. The van der Waals surface area contributed by atoms with E-state index in [9.17, 15) is 9.90 Å². The van der Waals surface area contributed by atoms with Crippen molar-refractivity contribution in [2.24, 2.45) is 0 Å². The van der Waals surface area contributed by atoms with E-state index in [0.717, 1.165) is 0 Å². The molecule has 0 unspecified atom stereocenters. The molecule has 6 nitrogen and oxygen atoms in total. The Morgan fingerprint density at radius 3 is 2.67 bits per heavy atom. The number of benzene rings is 1. The molecule has 1 aromatic heterocycles. The average molecular weight is 266 g/mol. The van der Waals surface area contributed by atoms with Gasteiger partial charge in [-0.3, -0.25) is 0 Å². The number of hydrogen-bond acceptors (Lipinski definition) is 5. The Kier molecular flexibility index (Phi) is 3.29. The van der Waals surface area contributed by atoms with Crippen molar-refractivity contribution in [3.63, 3.8) is 0 Å². The minimum absolute atomic E-state index is 0.0196. The Morgan fingerprint density at radius 2 is 2.00 bits per heavy atom. The van der Waals surface area contributed by atoms with Crippen molar-refractivity contribution in [1.29, 1.82) is 0 Å². The summed E-state index contributed by atoms with van der Waals surface area (Å²) in [5, 5.41) is 28.2. The fourth-order valence-electron chi connectivity index (χ4n) is 1.31. The van der Waals surface area contributed by atoms with Gasteiger partial charge in [0.25, 0.3) is 0 Å². The molecular weight excluding hydrogens is 258 g/mol. The Morgan fingerprint density at radius 1 is 1.28 bits per heavy atom. The largest absolute Gasteiger partial charge is 0.506 e. The number of rotatable bonds is 3. The molecule has 3 N–H and O–H groups in total. The number of carboxylic acid groups (broad SMARTS) is 1. The molecule has 0 bridgehead atoms. The van der Waals surface area contributed by atoms with Crippen molar-refractivity contribution in [3.05, 3.63) is 41.0 Å². The van der Waals surface area contributed by atoms with E-state index >= 15 is 0 Å². The van der Waals surface area contributed by atoms with Crippen molar-refractivity contribution < 1.29 is 15.0 Å². The quantitative estimate of drug-likeness (QED) is 0.737. The average Bonchev–Trinajstić information content (AvgIpc) is 2.34. The number of nitrogens with zero attached hydrogens (tertiary/aromatic N) is 2. The van der Waals surface area contributed by atoms with Crippen LogP contribution in [0.1, 0.15) is 10.4 Å². The zero-order valence-electron chi connectivity index (χ0n) is 8.96. The number of aromatic nitrogens is 2. The molecule has 0 spiro atoms. The smallest absolute Gasteiger partial charge is 0.339 e. The summed E-state index contributed by atoms with van der Waals surface area (Å²) >= 11 is 5.59. The van der Waals surface area contributed by atoms with Crippen LogP contribution in [0, 0.1) is 0 Å². The second-order valence-electron chi connectivity index (χ2n) is 3.38. The van der Waals surface area contributed by atoms with Gasteiger partial charge in [-0.05, 0) is 12.1 Å². The summed E-state index contributed by atoms with van der Waals surface area (Å²) in [5.41, 5.74) is 0.232. The molecular formula is C11H8ClN3O3. The number of carbonyl (C=O) groups is 1. The van der Waals surface area contributed by atoms with Crippen LogP contribution in [0.5, 0.6) is 5.75 Å². The molecule has 0 saturated heterocycles. The topological polar surface area (TPSA) is 95.3 Å². The molecule has 2 rings (SSSR count). The van der Waals surface area contributed by atoms with Gasteiger partial charge in [0.2, 0.25) is 0 Å². The summed E-state index contributed by atoms with van der Waals surface area (Å²) in [6.07, 6.45) is 0. The highest BCUT2D eigenvalue weighted by Crippen LogP contribution is 2.25. The van der Waals surface area contributed by atoms with E-state index in [4.69, 9.17) is 16.7 Å². The van der Waals surface area contributed by atoms with Crippen molar-refractivity contribution >= 4 is 29.1 Å². The number of hydrogen-bond donors (Lipinski definition) is 3. The van der Waals surface area contributed by atoms with Gasteiger partial charge in [-0.2, -0.15) is 0 Å². The number of nitrogens with one attached hydrogen (secondary N) is 1. The lowest BCUT2D eigenvalue weighted by Crippen LogP contribution is -2.03. The third-order valence-electron chi connectivity index (χ3n) is 2.15. The van der Waals surface area contributed by atoms with Gasteiger partial charge in [0.05, 0.1) is 5.69 Å². The molecule has 0 amide bonds. The first-order valence-corrected chi connectivity index (χ1v) is 5.27. The van der Waals surface area contributed by atoms with Crippen molar-refractivity contribution in [1.82, 2.24) is 10.2 Å². The Bertz CT molecular complexity index is 604. The molecule has 18 heavy (non-hydrogen) atoms. The summed E-state index contributed by atoms with van der Waals surface area (Å²) < 4.78 is 0. The van der Waals surface area contributed by atoms with Crippen LogP contribution < -0.4 is 5.32 Å². The summed E-state index contributed by atoms with van der Waals surface area (Å²) in [7, 11) is 0.